The van der Waals surface area contributed by atoms with Crippen LogP contribution in [-0.2, 0) is 0 Å². The van der Waals surface area contributed by atoms with Crippen LogP contribution in [0.2, 0.25) is 0 Å². The number of nitrogens with zero attached hydrogens (tertiary/aromatic N) is 1. The summed E-state index contributed by atoms with van der Waals surface area (Å²) < 4.78 is 19.7. The van der Waals surface area contributed by atoms with Crippen molar-refractivity contribution in [3.05, 3.63) is 117 Å². The average molecular weight is 400 g/mol. The Morgan fingerprint density at radius 2 is 1.63 bits per heavy atom. The number of benzene rings is 3. The van der Waals surface area contributed by atoms with Crippen LogP contribution in [0.25, 0.3) is 18.3 Å². The fourth-order valence-electron chi connectivity index (χ4n) is 2.95. The first-order valence-electron chi connectivity index (χ1n) is 9.16. The van der Waals surface area contributed by atoms with Gasteiger partial charge >= 0.3 is 5.97 Å². The first-order chi connectivity index (χ1) is 14.5. The third kappa shape index (κ3) is 3.98. The molecule has 30 heavy (non-hydrogen) atoms. The van der Waals surface area contributed by atoms with Crippen LogP contribution in [0.4, 0.5) is 4.39 Å². The number of halogens is 1. The third-order valence-corrected chi connectivity index (χ3v) is 4.50. The normalized spacial score (nSPS) is 11.4. The number of H-pyrrole nitrogens is 1. The van der Waals surface area contributed by atoms with Gasteiger partial charge in [-0.15, -0.1) is 0 Å². The van der Waals surface area contributed by atoms with Crippen molar-refractivity contribution in [3.63, 3.8) is 0 Å². The van der Waals surface area contributed by atoms with Crippen LogP contribution in [0.3, 0.4) is 0 Å². The minimum Gasteiger partial charge on any atom is -0.423 e. The van der Waals surface area contributed by atoms with E-state index in [4.69, 9.17) is 4.74 Å². The molecule has 1 N–H and O–H groups in total. The maximum atomic E-state index is 13.0. The number of para-hydroxylation sites is 1. The molecule has 0 unspecified atom stereocenters. The zero-order valence-corrected chi connectivity index (χ0v) is 15.8. The van der Waals surface area contributed by atoms with Crippen LogP contribution in [0.15, 0.2) is 83.7 Å². The summed E-state index contributed by atoms with van der Waals surface area (Å²) in [5, 5.41) is 3.91. The van der Waals surface area contributed by atoms with Gasteiger partial charge in [-0.2, -0.15) is 0 Å². The highest BCUT2D eigenvalue weighted by Gasteiger charge is 2.09. The number of nitrogens with one attached hydrogen (secondary N) is 1. The molecule has 0 spiro atoms. The van der Waals surface area contributed by atoms with Gasteiger partial charge in [0.25, 0.3) is 5.56 Å². The topological polar surface area (TPSA) is 64.1 Å². The lowest BCUT2D eigenvalue weighted by atomic mass is 10.2. The molecule has 6 heteroatoms. The standard InChI is InChI=1S/C24H17FN2O3/c1-16-22(23(28)27(26-16)20-5-3-2-4-6-20)15-17-7-13-21(14-8-17)30-24(29)18-9-11-19(25)12-10-18/h2-15,26H,1H2/b22-15-. The molecule has 3 aromatic carbocycles. The third-order valence-electron chi connectivity index (χ3n) is 4.50. The number of esters is 1. The zero-order chi connectivity index (χ0) is 21.1. The van der Waals surface area contributed by atoms with Gasteiger partial charge in [0.2, 0.25) is 0 Å². The fraction of sp³-hybridized carbons (Fsp3) is 0. The average Bonchev–Trinajstić information content (AvgIpc) is 3.04. The Balaban J connectivity index is 1.58. The molecule has 0 atom stereocenters. The summed E-state index contributed by atoms with van der Waals surface area (Å²) >= 11 is 0. The quantitative estimate of drug-likeness (QED) is 0.423. The van der Waals surface area contributed by atoms with E-state index < -0.39 is 11.8 Å². The summed E-state index contributed by atoms with van der Waals surface area (Å²) in [6.07, 6.45) is 1.71. The van der Waals surface area contributed by atoms with Crippen LogP contribution >= 0.6 is 0 Å². The van der Waals surface area contributed by atoms with Crippen molar-refractivity contribution in [1.29, 1.82) is 0 Å². The van der Waals surface area contributed by atoms with E-state index in [0.717, 1.165) is 11.3 Å². The van der Waals surface area contributed by atoms with E-state index in [2.05, 4.69) is 11.7 Å². The van der Waals surface area contributed by atoms with Gasteiger partial charge in [0.1, 0.15) is 11.6 Å². The van der Waals surface area contributed by atoms with Gasteiger partial charge in [0, 0.05) is 0 Å². The highest BCUT2D eigenvalue weighted by molar-refractivity contribution is 5.91. The number of rotatable bonds is 4. The smallest absolute Gasteiger partial charge is 0.343 e. The number of carbonyl (C=O) groups excluding carboxylic acids is 1. The fourth-order valence-corrected chi connectivity index (χ4v) is 2.95. The van der Waals surface area contributed by atoms with Gasteiger partial charge in [-0.05, 0) is 60.2 Å². The number of ether oxygens (including phenoxy) is 1. The van der Waals surface area contributed by atoms with Gasteiger partial charge in [0.15, 0.2) is 0 Å². The molecule has 0 aliphatic heterocycles. The summed E-state index contributed by atoms with van der Waals surface area (Å²) in [6.45, 7) is 3.92. The Morgan fingerprint density at radius 1 is 0.967 bits per heavy atom. The van der Waals surface area contributed by atoms with E-state index in [-0.39, 0.29) is 11.1 Å². The molecule has 0 saturated carbocycles. The summed E-state index contributed by atoms with van der Waals surface area (Å²) in [5.41, 5.74) is 1.51. The summed E-state index contributed by atoms with van der Waals surface area (Å²) in [4.78, 5) is 24.9. The van der Waals surface area contributed by atoms with Gasteiger partial charge in [0.05, 0.1) is 21.8 Å². The predicted molar refractivity (Wildman–Crippen MR) is 113 cm³/mol. The molecule has 4 rings (SSSR count). The second-order valence-corrected chi connectivity index (χ2v) is 6.59. The molecule has 1 aromatic heterocycles. The Morgan fingerprint density at radius 3 is 2.30 bits per heavy atom. The lowest BCUT2D eigenvalue weighted by molar-refractivity contribution is 0.0734. The predicted octanol–water partition coefficient (Wildman–Crippen LogP) is 2.76. The molecule has 1 heterocycles. The Labute approximate surface area is 171 Å². The molecular formula is C24H17FN2O3. The molecule has 0 fully saturated rings. The first kappa shape index (κ1) is 19.1. The maximum Gasteiger partial charge on any atom is 0.343 e. The number of carbonyl (C=O) groups is 1. The number of aromatic nitrogens is 2. The van der Waals surface area contributed by atoms with Crippen molar-refractivity contribution < 1.29 is 13.9 Å². The minimum absolute atomic E-state index is 0.210. The van der Waals surface area contributed by atoms with Crippen LogP contribution in [0.5, 0.6) is 5.75 Å². The summed E-state index contributed by atoms with van der Waals surface area (Å²) in [6, 6.07) is 21.0. The molecule has 5 nitrogen and oxygen atoms in total. The van der Waals surface area contributed by atoms with Crippen LogP contribution in [-0.4, -0.2) is 15.7 Å². The Kier molecular flexibility index (Phi) is 5.13. The lowest BCUT2D eigenvalue weighted by Crippen LogP contribution is -2.33. The molecule has 148 valence electrons. The van der Waals surface area contributed by atoms with Crippen molar-refractivity contribution >= 4 is 18.6 Å². The molecular weight excluding hydrogens is 383 g/mol. The second kappa shape index (κ2) is 8.05. The highest BCUT2D eigenvalue weighted by Crippen LogP contribution is 2.15. The van der Waals surface area contributed by atoms with Crippen molar-refractivity contribution in [2.24, 2.45) is 0 Å². The van der Waals surface area contributed by atoms with Gasteiger partial charge in [-0.25, -0.2) is 13.9 Å². The van der Waals surface area contributed by atoms with Crippen LogP contribution in [0.1, 0.15) is 15.9 Å². The van der Waals surface area contributed by atoms with Crippen LogP contribution < -0.4 is 20.9 Å². The SMILES string of the molecule is C=c1[nH]n(-c2ccccc2)c(=O)/c1=C\c1ccc(OC(=O)c2ccc(F)cc2)cc1. The molecule has 0 bridgehead atoms. The summed E-state index contributed by atoms with van der Waals surface area (Å²) in [7, 11) is 0. The number of aromatic amines is 1. The van der Waals surface area contributed by atoms with E-state index in [9.17, 15) is 14.0 Å². The van der Waals surface area contributed by atoms with E-state index in [1.807, 2.05) is 30.3 Å². The van der Waals surface area contributed by atoms with Crippen LogP contribution in [0, 0.1) is 5.82 Å². The zero-order valence-electron chi connectivity index (χ0n) is 15.8. The van der Waals surface area contributed by atoms with E-state index in [1.54, 1.807) is 30.3 Å². The highest BCUT2D eigenvalue weighted by atomic mass is 19.1. The van der Waals surface area contributed by atoms with E-state index >= 15 is 0 Å². The molecule has 0 saturated heterocycles. The van der Waals surface area contributed by atoms with Crippen molar-refractivity contribution in [1.82, 2.24) is 9.78 Å². The monoisotopic (exact) mass is 400 g/mol. The second-order valence-electron chi connectivity index (χ2n) is 6.59. The first-order valence-corrected chi connectivity index (χ1v) is 9.16. The molecule has 4 aromatic rings. The summed E-state index contributed by atoms with van der Waals surface area (Å²) in [5.74, 6) is -0.664. The van der Waals surface area contributed by atoms with Crippen molar-refractivity contribution in [2.45, 2.75) is 0 Å². The molecule has 0 aliphatic carbocycles. The van der Waals surface area contributed by atoms with Crippen molar-refractivity contribution in [3.8, 4) is 11.4 Å². The number of hydrogen-bond donors (Lipinski definition) is 1. The van der Waals surface area contributed by atoms with Crippen molar-refractivity contribution in [2.75, 3.05) is 0 Å². The minimum atomic E-state index is -0.580. The maximum absolute atomic E-state index is 13.0. The Hall–Kier alpha value is -4.19. The van der Waals surface area contributed by atoms with E-state index in [0.29, 0.717) is 16.3 Å². The van der Waals surface area contributed by atoms with Gasteiger partial charge in [-0.3, -0.25) is 9.89 Å². The molecule has 0 radical (unpaired) electrons. The molecule has 0 amide bonds. The number of hydrogen-bond acceptors (Lipinski definition) is 3. The lowest BCUT2D eigenvalue weighted by Gasteiger charge is -2.04. The van der Waals surface area contributed by atoms with Gasteiger partial charge in [-0.1, -0.05) is 36.9 Å². The Bertz CT molecular complexity index is 1350. The molecule has 0 aliphatic rings. The van der Waals surface area contributed by atoms with Gasteiger partial charge < -0.3 is 4.74 Å². The largest absolute Gasteiger partial charge is 0.423 e. The van der Waals surface area contributed by atoms with E-state index in [1.165, 1.54) is 28.9 Å².